The first-order valence-electron chi connectivity index (χ1n) is 11.0. The van der Waals surface area contributed by atoms with Gasteiger partial charge in [-0.1, -0.05) is 11.2 Å². The van der Waals surface area contributed by atoms with Gasteiger partial charge in [0, 0.05) is 18.2 Å². The minimum absolute atomic E-state index is 0.0101. The lowest BCUT2D eigenvalue weighted by Crippen LogP contribution is -2.34. The van der Waals surface area contributed by atoms with Crippen molar-refractivity contribution in [2.75, 3.05) is 6.54 Å². The van der Waals surface area contributed by atoms with Crippen LogP contribution in [-0.4, -0.2) is 35.3 Å². The monoisotopic (exact) mass is 445 g/mol. The van der Waals surface area contributed by atoms with Gasteiger partial charge in [-0.25, -0.2) is 4.79 Å². The molecule has 8 nitrogen and oxygen atoms in total. The van der Waals surface area contributed by atoms with Crippen LogP contribution < -0.4 is 15.4 Å². The lowest BCUT2D eigenvalue weighted by atomic mass is 10.1. The van der Waals surface area contributed by atoms with E-state index in [0.29, 0.717) is 24.5 Å². The highest BCUT2D eigenvalue weighted by Gasteiger charge is 2.16. The van der Waals surface area contributed by atoms with Gasteiger partial charge in [0.05, 0.1) is 11.3 Å². The van der Waals surface area contributed by atoms with Crippen molar-refractivity contribution in [2.45, 2.75) is 79.1 Å². The molecular weight excluding hydrogens is 410 g/mol. The van der Waals surface area contributed by atoms with E-state index in [1.165, 1.54) is 0 Å². The Morgan fingerprint density at radius 1 is 1.19 bits per heavy atom. The van der Waals surface area contributed by atoms with Crippen LogP contribution in [0.25, 0.3) is 0 Å². The second kappa shape index (κ2) is 11.5. The molecule has 1 atom stereocenters. The molecule has 2 N–H and O–H groups in total. The molecule has 0 spiro atoms. The smallest absolute Gasteiger partial charge is 0.407 e. The van der Waals surface area contributed by atoms with Crippen LogP contribution in [0.4, 0.5) is 4.79 Å². The number of hydrogen-bond acceptors (Lipinski definition) is 6. The Bertz CT molecular complexity index is 882. The Kier molecular flexibility index (Phi) is 9.11. The molecule has 176 valence electrons. The van der Waals surface area contributed by atoms with Crippen LogP contribution in [0.1, 0.15) is 74.3 Å². The molecule has 2 amide bonds. The zero-order valence-electron chi connectivity index (χ0n) is 19.9. The summed E-state index contributed by atoms with van der Waals surface area (Å²) in [5, 5.41) is 9.67. The highest BCUT2D eigenvalue weighted by Crippen LogP contribution is 2.19. The van der Waals surface area contributed by atoms with E-state index in [-0.39, 0.29) is 11.9 Å². The molecule has 0 fully saturated rings. The van der Waals surface area contributed by atoms with Gasteiger partial charge >= 0.3 is 6.09 Å². The first-order valence-corrected chi connectivity index (χ1v) is 11.0. The number of carbonyl (C=O) groups excluding carboxylic acids is 2. The predicted octanol–water partition coefficient (Wildman–Crippen LogP) is 4.68. The number of alkyl carbamates (subject to hydrolysis) is 1. The average molecular weight is 446 g/mol. The number of amides is 2. The third-order valence-electron chi connectivity index (χ3n) is 4.77. The van der Waals surface area contributed by atoms with Gasteiger partial charge in [0.25, 0.3) is 5.91 Å². The van der Waals surface area contributed by atoms with Crippen molar-refractivity contribution < 1.29 is 23.6 Å². The maximum absolute atomic E-state index is 12.6. The van der Waals surface area contributed by atoms with Crippen LogP contribution in [0.15, 0.2) is 28.8 Å². The lowest BCUT2D eigenvalue weighted by Gasteiger charge is -2.19. The fourth-order valence-corrected chi connectivity index (χ4v) is 3.05. The molecule has 0 bridgehead atoms. The molecule has 2 aromatic rings. The number of aryl methyl sites for hydroxylation is 2. The largest absolute Gasteiger partial charge is 0.489 e. The molecule has 0 aliphatic carbocycles. The van der Waals surface area contributed by atoms with Crippen LogP contribution >= 0.6 is 0 Å². The number of nitrogens with zero attached hydrogens (tertiary/aromatic N) is 1. The molecular formula is C24H35N3O5. The minimum atomic E-state index is -0.500. The lowest BCUT2D eigenvalue weighted by molar-refractivity contribution is 0.0527. The molecule has 1 heterocycles. The van der Waals surface area contributed by atoms with Gasteiger partial charge in [0.1, 0.15) is 23.7 Å². The highest BCUT2D eigenvalue weighted by atomic mass is 16.6. The van der Waals surface area contributed by atoms with Crippen molar-refractivity contribution in [1.29, 1.82) is 0 Å². The summed E-state index contributed by atoms with van der Waals surface area (Å²) in [6.45, 7) is 12.1. The minimum Gasteiger partial charge on any atom is -0.489 e. The van der Waals surface area contributed by atoms with Gasteiger partial charge in [-0.2, -0.15) is 0 Å². The number of carbonyl (C=O) groups is 2. The Morgan fingerprint density at radius 3 is 2.59 bits per heavy atom. The van der Waals surface area contributed by atoms with E-state index in [1.54, 1.807) is 18.2 Å². The molecule has 1 aromatic heterocycles. The molecule has 0 aliphatic heterocycles. The average Bonchev–Trinajstić information content (AvgIpc) is 3.02. The number of ether oxygens (including phenoxy) is 2. The van der Waals surface area contributed by atoms with Crippen LogP contribution in [-0.2, 0) is 11.3 Å². The summed E-state index contributed by atoms with van der Waals surface area (Å²) in [4.78, 5) is 24.2. The second-order valence-corrected chi connectivity index (χ2v) is 8.92. The maximum Gasteiger partial charge on any atom is 0.407 e. The molecule has 0 saturated heterocycles. The highest BCUT2D eigenvalue weighted by molar-refractivity contribution is 5.94. The number of hydrogen-bond donors (Lipinski definition) is 2. The zero-order chi connectivity index (χ0) is 23.7. The van der Waals surface area contributed by atoms with E-state index in [2.05, 4.69) is 15.8 Å². The van der Waals surface area contributed by atoms with Crippen LogP contribution in [0.5, 0.6) is 5.75 Å². The second-order valence-electron chi connectivity index (χ2n) is 8.92. The SMILES string of the molecule is Cc1noc(C)c1COc1cccc(C(=O)N[C@@H](C)CCCCNC(=O)OC(C)(C)C)c1. The van der Waals surface area contributed by atoms with Crippen LogP contribution in [0.3, 0.4) is 0 Å². The van der Waals surface area contributed by atoms with Gasteiger partial charge in [0.2, 0.25) is 0 Å². The molecule has 2 rings (SSSR count). The molecule has 0 radical (unpaired) electrons. The Balaban J connectivity index is 1.73. The van der Waals surface area contributed by atoms with Crippen molar-refractivity contribution in [3.63, 3.8) is 0 Å². The number of aromatic nitrogens is 1. The summed E-state index contributed by atoms with van der Waals surface area (Å²) in [5.74, 6) is 1.19. The Labute approximate surface area is 190 Å². The summed E-state index contributed by atoms with van der Waals surface area (Å²) in [6.07, 6.45) is 2.09. The van der Waals surface area contributed by atoms with E-state index < -0.39 is 11.7 Å². The first-order chi connectivity index (χ1) is 15.0. The summed E-state index contributed by atoms with van der Waals surface area (Å²) < 4.78 is 16.2. The predicted molar refractivity (Wildman–Crippen MR) is 122 cm³/mol. The van der Waals surface area contributed by atoms with Crippen molar-refractivity contribution in [3.05, 3.63) is 46.8 Å². The van der Waals surface area contributed by atoms with Crippen molar-refractivity contribution in [3.8, 4) is 5.75 Å². The summed E-state index contributed by atoms with van der Waals surface area (Å²) in [6, 6.07) is 7.11. The van der Waals surface area contributed by atoms with E-state index in [0.717, 1.165) is 36.3 Å². The van der Waals surface area contributed by atoms with Gasteiger partial charge in [-0.3, -0.25) is 4.79 Å². The van der Waals surface area contributed by atoms with Crippen LogP contribution in [0, 0.1) is 13.8 Å². The Hall–Kier alpha value is -3.03. The fraction of sp³-hybridized carbons (Fsp3) is 0.542. The van der Waals surface area contributed by atoms with Crippen molar-refractivity contribution >= 4 is 12.0 Å². The number of benzene rings is 1. The van der Waals surface area contributed by atoms with Crippen molar-refractivity contribution in [1.82, 2.24) is 15.8 Å². The van der Waals surface area contributed by atoms with Crippen molar-refractivity contribution in [2.24, 2.45) is 0 Å². The number of rotatable bonds is 10. The van der Waals surface area contributed by atoms with E-state index >= 15 is 0 Å². The molecule has 0 aliphatic rings. The maximum atomic E-state index is 12.6. The zero-order valence-corrected chi connectivity index (χ0v) is 19.9. The molecule has 32 heavy (non-hydrogen) atoms. The third kappa shape index (κ3) is 8.61. The first kappa shape index (κ1) is 25.2. The van der Waals surface area contributed by atoms with Gasteiger partial charge in [0.15, 0.2) is 0 Å². The number of nitrogens with one attached hydrogen (secondary N) is 2. The quantitative estimate of drug-likeness (QED) is 0.515. The van der Waals surface area contributed by atoms with E-state index in [4.69, 9.17) is 14.0 Å². The van der Waals surface area contributed by atoms with E-state index in [9.17, 15) is 9.59 Å². The summed E-state index contributed by atoms with van der Waals surface area (Å²) >= 11 is 0. The van der Waals surface area contributed by atoms with Crippen LogP contribution in [0.2, 0.25) is 0 Å². The molecule has 8 heteroatoms. The van der Waals surface area contributed by atoms with Gasteiger partial charge in [-0.15, -0.1) is 0 Å². The third-order valence-corrected chi connectivity index (χ3v) is 4.77. The summed E-state index contributed by atoms with van der Waals surface area (Å²) in [7, 11) is 0. The summed E-state index contributed by atoms with van der Waals surface area (Å²) in [5.41, 5.74) is 1.75. The topological polar surface area (TPSA) is 103 Å². The van der Waals surface area contributed by atoms with E-state index in [1.807, 2.05) is 47.6 Å². The van der Waals surface area contributed by atoms with Gasteiger partial charge in [-0.05, 0) is 79.0 Å². The Morgan fingerprint density at radius 2 is 1.94 bits per heavy atom. The molecule has 0 saturated carbocycles. The number of unbranched alkanes of at least 4 members (excludes halogenated alkanes) is 1. The molecule has 1 aromatic carbocycles. The standard InChI is InChI=1S/C24H35N3O5/c1-16(10-7-8-13-25-23(29)31-24(4,5)6)26-22(28)19-11-9-12-20(14-19)30-15-21-17(2)27-32-18(21)3/h9,11-12,14,16H,7-8,10,13,15H2,1-6H3,(H,25,29)(H,26,28)/t16-/m0/s1. The normalized spacial score (nSPS) is 12.2. The molecule has 0 unspecified atom stereocenters. The van der Waals surface area contributed by atoms with Gasteiger partial charge < -0.3 is 24.6 Å². The fourth-order valence-electron chi connectivity index (χ4n) is 3.05.